The number of ether oxygens (including phenoxy) is 1. The molecule has 1 saturated heterocycles. The topological polar surface area (TPSA) is 75.6 Å². The average Bonchev–Trinajstić information content (AvgIpc) is 2.99. The lowest BCUT2D eigenvalue weighted by Crippen LogP contribution is -2.36. The van der Waals surface area contributed by atoms with Crippen LogP contribution in [-0.4, -0.2) is 59.5 Å². The number of benzene rings is 1. The van der Waals surface area contributed by atoms with Gasteiger partial charge in [-0.3, -0.25) is 4.79 Å². The van der Waals surface area contributed by atoms with Crippen molar-refractivity contribution in [1.29, 1.82) is 0 Å². The lowest BCUT2D eigenvalue weighted by Gasteiger charge is -2.24. The minimum absolute atomic E-state index is 0.0241. The minimum atomic E-state index is -0.546. The van der Waals surface area contributed by atoms with Crippen LogP contribution < -0.4 is 4.90 Å². The molecule has 7 nitrogen and oxygen atoms in total. The number of hydrogen-bond acceptors (Lipinski definition) is 6. The number of anilines is 1. The summed E-state index contributed by atoms with van der Waals surface area (Å²) in [5.41, 5.74) is 1.85. The summed E-state index contributed by atoms with van der Waals surface area (Å²) in [5.74, 6) is -0.0951. The van der Waals surface area contributed by atoms with Gasteiger partial charge in [0.1, 0.15) is 0 Å². The second kappa shape index (κ2) is 9.62. The number of carbonyl (C=O) groups excluding carboxylic acids is 2. The zero-order chi connectivity index (χ0) is 21.8. The maximum Gasteiger partial charge on any atom is 0.360 e. The number of fused-ring (bicyclic) bond motifs is 1. The first kappa shape index (κ1) is 22.3. The molecular formula is C21H24Cl2N4O3. The molecule has 0 bridgehead atoms. The van der Waals surface area contributed by atoms with E-state index in [1.807, 2.05) is 29.7 Å². The average molecular weight is 451 g/mol. The molecule has 2 heterocycles. The summed E-state index contributed by atoms with van der Waals surface area (Å²) in [4.78, 5) is 38.1. The van der Waals surface area contributed by atoms with E-state index in [4.69, 9.17) is 27.9 Å². The Morgan fingerprint density at radius 3 is 2.40 bits per heavy atom. The smallest absolute Gasteiger partial charge is 0.360 e. The van der Waals surface area contributed by atoms with Gasteiger partial charge in [0.05, 0.1) is 27.7 Å². The van der Waals surface area contributed by atoms with E-state index in [1.54, 1.807) is 19.1 Å². The monoisotopic (exact) mass is 450 g/mol. The maximum atomic E-state index is 12.6. The molecule has 0 atom stereocenters. The highest BCUT2D eigenvalue weighted by Crippen LogP contribution is 2.29. The quantitative estimate of drug-likeness (QED) is 0.514. The summed E-state index contributed by atoms with van der Waals surface area (Å²) < 4.78 is 5.20. The highest BCUT2D eigenvalue weighted by Gasteiger charge is 2.26. The van der Waals surface area contributed by atoms with Gasteiger partial charge in [-0.15, -0.1) is 0 Å². The van der Waals surface area contributed by atoms with Crippen molar-refractivity contribution >= 4 is 51.9 Å². The Balaban J connectivity index is 1.98. The standard InChI is InChI=1S/C21H24Cl2N4O3/c1-4-13(3)20(28)27-8-6-7-26(9-10-27)19-18(21(29)30-5-2)24-16-11-14(22)15(23)12-17(16)25-19/h4,11-12H,5-10H2,1-3H3/b13-4+. The van der Waals surface area contributed by atoms with Gasteiger partial charge in [0.25, 0.3) is 0 Å². The lowest BCUT2D eigenvalue weighted by molar-refractivity contribution is -0.126. The van der Waals surface area contributed by atoms with E-state index in [-0.39, 0.29) is 18.2 Å². The molecular weight excluding hydrogens is 427 g/mol. The molecule has 0 saturated carbocycles. The zero-order valence-corrected chi connectivity index (χ0v) is 18.8. The third kappa shape index (κ3) is 4.68. The van der Waals surface area contributed by atoms with E-state index in [0.29, 0.717) is 58.6 Å². The van der Waals surface area contributed by atoms with E-state index in [0.717, 1.165) is 6.42 Å². The van der Waals surface area contributed by atoms with E-state index in [9.17, 15) is 9.59 Å². The number of carbonyl (C=O) groups is 2. The predicted octanol–water partition coefficient (Wildman–Crippen LogP) is 4.12. The Bertz CT molecular complexity index is 1010. The molecule has 1 fully saturated rings. The number of halogens is 2. The van der Waals surface area contributed by atoms with Gasteiger partial charge in [-0.05, 0) is 39.3 Å². The van der Waals surface area contributed by atoms with Gasteiger partial charge in [-0.25, -0.2) is 14.8 Å². The van der Waals surface area contributed by atoms with Gasteiger partial charge in [-0.2, -0.15) is 0 Å². The molecule has 1 aromatic carbocycles. The van der Waals surface area contributed by atoms with Crippen molar-refractivity contribution in [1.82, 2.24) is 14.9 Å². The molecule has 0 N–H and O–H groups in total. The molecule has 30 heavy (non-hydrogen) atoms. The number of hydrogen-bond donors (Lipinski definition) is 0. The van der Waals surface area contributed by atoms with Crippen LogP contribution in [0.2, 0.25) is 10.0 Å². The zero-order valence-electron chi connectivity index (χ0n) is 17.2. The number of aromatic nitrogens is 2. The molecule has 1 aliphatic heterocycles. The van der Waals surface area contributed by atoms with Crippen LogP contribution in [0.15, 0.2) is 23.8 Å². The molecule has 160 valence electrons. The van der Waals surface area contributed by atoms with E-state index in [2.05, 4.69) is 9.97 Å². The number of nitrogens with zero attached hydrogens (tertiary/aromatic N) is 4. The van der Waals surface area contributed by atoms with Gasteiger partial charge in [0, 0.05) is 31.8 Å². The Hall–Kier alpha value is -2.38. The van der Waals surface area contributed by atoms with Crippen LogP contribution >= 0.6 is 23.2 Å². The molecule has 0 radical (unpaired) electrons. The summed E-state index contributed by atoms with van der Waals surface area (Å²) >= 11 is 12.3. The SMILES string of the molecule is C/C=C(\C)C(=O)N1CCCN(c2nc3cc(Cl)c(Cl)cc3nc2C(=O)OCC)CC1. The first-order chi connectivity index (χ1) is 14.3. The lowest BCUT2D eigenvalue weighted by atomic mass is 10.2. The normalized spacial score (nSPS) is 15.3. The summed E-state index contributed by atoms with van der Waals surface area (Å²) in [6, 6.07) is 3.22. The Morgan fingerprint density at radius 2 is 1.77 bits per heavy atom. The van der Waals surface area contributed by atoms with Crippen LogP contribution in [0.1, 0.15) is 37.7 Å². The molecule has 0 unspecified atom stereocenters. The summed E-state index contributed by atoms with van der Waals surface area (Å²) in [6.45, 7) is 7.94. The van der Waals surface area contributed by atoms with Gasteiger partial charge in [0.15, 0.2) is 11.5 Å². The Morgan fingerprint density at radius 1 is 1.10 bits per heavy atom. The second-order valence-electron chi connectivity index (χ2n) is 6.98. The summed E-state index contributed by atoms with van der Waals surface area (Å²) in [7, 11) is 0. The number of rotatable bonds is 4. The Labute approximate surface area is 185 Å². The van der Waals surface area contributed by atoms with Crippen molar-refractivity contribution in [3.8, 4) is 0 Å². The predicted molar refractivity (Wildman–Crippen MR) is 118 cm³/mol. The van der Waals surface area contributed by atoms with Crippen molar-refractivity contribution in [3.05, 3.63) is 39.5 Å². The van der Waals surface area contributed by atoms with Crippen LogP contribution in [0.3, 0.4) is 0 Å². The molecule has 1 aromatic heterocycles. The maximum absolute atomic E-state index is 12.6. The fraction of sp³-hybridized carbons (Fsp3) is 0.429. The summed E-state index contributed by atoms with van der Waals surface area (Å²) in [6.07, 6.45) is 2.56. The van der Waals surface area contributed by atoms with Gasteiger partial charge < -0.3 is 14.5 Å². The number of esters is 1. The Kier molecular flexibility index (Phi) is 7.15. The van der Waals surface area contributed by atoms with Crippen LogP contribution in [-0.2, 0) is 9.53 Å². The second-order valence-corrected chi connectivity index (χ2v) is 7.79. The molecule has 1 aliphatic rings. The van der Waals surface area contributed by atoms with E-state index in [1.165, 1.54) is 0 Å². The number of allylic oxidation sites excluding steroid dienone is 1. The summed E-state index contributed by atoms with van der Waals surface area (Å²) in [5, 5.41) is 0.701. The van der Waals surface area contributed by atoms with Gasteiger partial charge in [-0.1, -0.05) is 29.3 Å². The van der Waals surface area contributed by atoms with Gasteiger partial charge >= 0.3 is 5.97 Å². The first-order valence-electron chi connectivity index (χ1n) is 9.86. The highest BCUT2D eigenvalue weighted by molar-refractivity contribution is 6.42. The largest absolute Gasteiger partial charge is 0.461 e. The molecule has 3 rings (SSSR count). The van der Waals surface area contributed by atoms with Crippen LogP contribution in [0.5, 0.6) is 0 Å². The van der Waals surface area contributed by atoms with Crippen molar-refractivity contribution in [3.63, 3.8) is 0 Å². The first-order valence-corrected chi connectivity index (χ1v) is 10.6. The molecule has 0 aliphatic carbocycles. The molecule has 9 heteroatoms. The van der Waals surface area contributed by atoms with Crippen LogP contribution in [0.25, 0.3) is 11.0 Å². The van der Waals surface area contributed by atoms with Gasteiger partial charge in [0.2, 0.25) is 5.91 Å². The highest BCUT2D eigenvalue weighted by atomic mass is 35.5. The van der Waals surface area contributed by atoms with Crippen molar-refractivity contribution < 1.29 is 14.3 Å². The van der Waals surface area contributed by atoms with Crippen molar-refractivity contribution in [2.45, 2.75) is 27.2 Å². The van der Waals surface area contributed by atoms with E-state index >= 15 is 0 Å². The van der Waals surface area contributed by atoms with Crippen molar-refractivity contribution in [2.75, 3.05) is 37.7 Å². The number of amides is 1. The molecule has 2 aromatic rings. The third-order valence-corrected chi connectivity index (χ3v) is 5.73. The fourth-order valence-corrected chi connectivity index (χ4v) is 3.62. The van der Waals surface area contributed by atoms with Crippen LogP contribution in [0.4, 0.5) is 5.82 Å². The third-order valence-electron chi connectivity index (χ3n) is 5.01. The molecule has 0 spiro atoms. The minimum Gasteiger partial charge on any atom is -0.461 e. The fourth-order valence-electron chi connectivity index (χ4n) is 3.30. The van der Waals surface area contributed by atoms with Crippen LogP contribution in [0, 0.1) is 0 Å². The van der Waals surface area contributed by atoms with Crippen molar-refractivity contribution in [2.24, 2.45) is 0 Å². The molecule has 1 amide bonds. The van der Waals surface area contributed by atoms with E-state index < -0.39 is 5.97 Å².